The molecular weight excluding hydrogens is 456 g/mol. The van der Waals surface area contributed by atoms with Crippen LogP contribution >= 0.6 is 0 Å². The van der Waals surface area contributed by atoms with Crippen LogP contribution in [0.4, 0.5) is 0 Å². The van der Waals surface area contributed by atoms with Crippen LogP contribution in [0.1, 0.15) is 56.7 Å². The van der Waals surface area contributed by atoms with E-state index in [1.165, 1.54) is 0 Å². The highest BCUT2D eigenvalue weighted by Gasteiger charge is 2.46. The number of unbranched alkanes of at least 4 members (excludes halogenated alkanes) is 2. The number of hydrogen-bond donors (Lipinski definition) is 1. The molecule has 7 heteroatoms. The summed E-state index contributed by atoms with van der Waals surface area (Å²) in [5, 5.41) is 11.3. The maximum Gasteiger partial charge on any atom is 0.295 e. The number of nitrogens with zero attached hydrogens (tertiary/aromatic N) is 2. The molecular formula is C29H38N2O5. The van der Waals surface area contributed by atoms with Crippen LogP contribution in [-0.4, -0.2) is 67.0 Å². The highest BCUT2D eigenvalue weighted by molar-refractivity contribution is 6.46. The number of rotatable bonds is 13. The molecule has 1 fully saturated rings. The molecule has 36 heavy (non-hydrogen) atoms. The number of carbonyl (C=O) groups is 2. The Labute approximate surface area is 214 Å². The van der Waals surface area contributed by atoms with E-state index in [4.69, 9.17) is 9.47 Å². The minimum Gasteiger partial charge on any atom is -0.507 e. The molecule has 1 N–H and O–H groups in total. The van der Waals surface area contributed by atoms with Crippen molar-refractivity contribution in [3.63, 3.8) is 0 Å². The van der Waals surface area contributed by atoms with Gasteiger partial charge in [0.15, 0.2) is 0 Å². The molecule has 2 aromatic carbocycles. The lowest BCUT2D eigenvalue weighted by Gasteiger charge is -2.27. The summed E-state index contributed by atoms with van der Waals surface area (Å²) in [6.07, 6.45) is 4.04. The van der Waals surface area contributed by atoms with Crippen LogP contribution in [0, 0.1) is 0 Å². The molecule has 1 amide bonds. The summed E-state index contributed by atoms with van der Waals surface area (Å²) < 4.78 is 11.6. The Kier molecular flexibility index (Phi) is 9.94. The van der Waals surface area contributed by atoms with E-state index in [1.807, 2.05) is 50.2 Å². The molecule has 0 bridgehead atoms. The van der Waals surface area contributed by atoms with E-state index in [0.29, 0.717) is 43.4 Å². The normalized spacial score (nSPS) is 17.1. The van der Waals surface area contributed by atoms with E-state index in [9.17, 15) is 14.7 Å². The van der Waals surface area contributed by atoms with Crippen molar-refractivity contribution >= 4 is 17.4 Å². The van der Waals surface area contributed by atoms with Crippen molar-refractivity contribution in [1.82, 2.24) is 9.80 Å². The smallest absolute Gasteiger partial charge is 0.295 e. The van der Waals surface area contributed by atoms with Gasteiger partial charge in [0.05, 0.1) is 24.8 Å². The lowest BCUT2D eigenvalue weighted by molar-refractivity contribution is -0.140. The first-order valence-corrected chi connectivity index (χ1v) is 12.8. The third-order valence-corrected chi connectivity index (χ3v) is 6.12. The standard InChI is InChI=1S/C29H38N2O5/c1-5-7-8-19-36-24-11-9-10-22(20-24)26-25(28(33)29(34)31(26)17-16-30(3)4)27(32)21-12-14-23(15-13-21)35-18-6-2/h9-15,20,26,32H,5-8,16-19H2,1-4H3/b27-25+. The second kappa shape index (κ2) is 13.1. The summed E-state index contributed by atoms with van der Waals surface area (Å²) in [4.78, 5) is 29.8. The number of benzene rings is 2. The Bertz CT molecular complexity index is 1060. The Balaban J connectivity index is 2.00. The molecule has 1 atom stereocenters. The second-order valence-electron chi connectivity index (χ2n) is 9.30. The van der Waals surface area contributed by atoms with Crippen LogP contribution in [0.2, 0.25) is 0 Å². The number of ketones is 1. The number of Topliss-reactive ketones (excluding diaryl/α,β-unsaturated/α-hetero) is 1. The lowest BCUT2D eigenvalue weighted by Crippen LogP contribution is -2.35. The van der Waals surface area contributed by atoms with Gasteiger partial charge < -0.3 is 24.4 Å². The summed E-state index contributed by atoms with van der Waals surface area (Å²) in [7, 11) is 3.83. The Morgan fingerprint density at radius 1 is 0.944 bits per heavy atom. The van der Waals surface area contributed by atoms with E-state index in [1.54, 1.807) is 29.2 Å². The van der Waals surface area contributed by atoms with E-state index in [0.717, 1.165) is 31.2 Å². The first-order chi connectivity index (χ1) is 17.4. The number of carbonyl (C=O) groups excluding carboxylic acids is 2. The van der Waals surface area contributed by atoms with Gasteiger partial charge in [-0.05, 0) is 68.9 Å². The quantitative estimate of drug-likeness (QED) is 0.182. The number of likely N-dealkylation sites (tertiary alicyclic amines) is 1. The second-order valence-corrected chi connectivity index (χ2v) is 9.30. The van der Waals surface area contributed by atoms with Crippen LogP contribution in [0.5, 0.6) is 11.5 Å². The molecule has 0 aromatic heterocycles. The highest BCUT2D eigenvalue weighted by atomic mass is 16.5. The molecule has 1 aliphatic heterocycles. The number of amides is 1. The fourth-order valence-electron chi connectivity index (χ4n) is 4.17. The van der Waals surface area contributed by atoms with Crippen molar-refractivity contribution in [2.24, 2.45) is 0 Å². The zero-order valence-corrected chi connectivity index (χ0v) is 21.8. The number of aliphatic hydroxyl groups excluding tert-OH is 1. The average molecular weight is 495 g/mol. The third-order valence-electron chi connectivity index (χ3n) is 6.12. The molecule has 3 rings (SSSR count). The largest absolute Gasteiger partial charge is 0.507 e. The summed E-state index contributed by atoms with van der Waals surface area (Å²) >= 11 is 0. The lowest BCUT2D eigenvalue weighted by atomic mass is 9.95. The molecule has 7 nitrogen and oxygen atoms in total. The van der Waals surface area contributed by atoms with Crippen molar-refractivity contribution in [1.29, 1.82) is 0 Å². The zero-order valence-electron chi connectivity index (χ0n) is 21.8. The Hall–Kier alpha value is -3.32. The first kappa shape index (κ1) is 27.3. The first-order valence-electron chi connectivity index (χ1n) is 12.8. The molecule has 2 aromatic rings. The summed E-state index contributed by atoms with van der Waals surface area (Å²) in [5.41, 5.74) is 1.27. The van der Waals surface area contributed by atoms with Gasteiger partial charge in [-0.2, -0.15) is 0 Å². The van der Waals surface area contributed by atoms with Gasteiger partial charge >= 0.3 is 0 Å². The minimum absolute atomic E-state index is 0.0871. The SMILES string of the molecule is CCCCCOc1cccc(C2/C(=C(\O)c3ccc(OCCC)cc3)C(=O)C(=O)N2CCN(C)C)c1. The molecule has 0 aliphatic carbocycles. The Morgan fingerprint density at radius 2 is 1.67 bits per heavy atom. The van der Waals surface area contributed by atoms with Crippen LogP contribution in [-0.2, 0) is 9.59 Å². The van der Waals surface area contributed by atoms with Gasteiger partial charge in [0.2, 0.25) is 0 Å². The fourth-order valence-corrected chi connectivity index (χ4v) is 4.17. The molecule has 194 valence electrons. The van der Waals surface area contributed by atoms with E-state index >= 15 is 0 Å². The number of aliphatic hydroxyl groups is 1. The molecule has 1 saturated heterocycles. The van der Waals surface area contributed by atoms with Crippen LogP contribution in [0.15, 0.2) is 54.1 Å². The van der Waals surface area contributed by atoms with Crippen molar-refractivity contribution in [3.05, 3.63) is 65.2 Å². The molecule has 1 heterocycles. The predicted molar refractivity (Wildman–Crippen MR) is 141 cm³/mol. The van der Waals surface area contributed by atoms with Gasteiger partial charge in [0.1, 0.15) is 17.3 Å². The maximum atomic E-state index is 13.2. The van der Waals surface area contributed by atoms with Crippen LogP contribution in [0.3, 0.4) is 0 Å². The monoisotopic (exact) mass is 494 g/mol. The molecule has 0 saturated carbocycles. The minimum atomic E-state index is -0.708. The highest BCUT2D eigenvalue weighted by Crippen LogP contribution is 2.40. The third kappa shape index (κ3) is 6.66. The molecule has 1 unspecified atom stereocenters. The van der Waals surface area contributed by atoms with Crippen LogP contribution < -0.4 is 9.47 Å². The summed E-state index contributed by atoms with van der Waals surface area (Å²) in [6.45, 7) is 6.30. The fraction of sp³-hybridized carbons (Fsp3) is 0.448. The van der Waals surface area contributed by atoms with Crippen LogP contribution in [0.25, 0.3) is 5.76 Å². The van der Waals surface area contributed by atoms with E-state index in [-0.39, 0.29) is 11.3 Å². The van der Waals surface area contributed by atoms with Crippen molar-refractivity contribution < 1.29 is 24.2 Å². The van der Waals surface area contributed by atoms with Gasteiger partial charge in [0, 0.05) is 18.7 Å². The van der Waals surface area contributed by atoms with E-state index in [2.05, 4.69) is 6.92 Å². The zero-order chi connectivity index (χ0) is 26.1. The number of ether oxygens (including phenoxy) is 2. The molecule has 1 aliphatic rings. The molecule has 0 spiro atoms. The van der Waals surface area contributed by atoms with Crippen molar-refractivity contribution in [3.8, 4) is 11.5 Å². The van der Waals surface area contributed by atoms with Gasteiger partial charge in [-0.25, -0.2) is 0 Å². The predicted octanol–water partition coefficient (Wildman–Crippen LogP) is 5.03. The summed E-state index contributed by atoms with van der Waals surface area (Å²) in [6, 6.07) is 13.7. The Morgan fingerprint density at radius 3 is 2.33 bits per heavy atom. The number of likely N-dealkylation sites (N-methyl/N-ethyl adjacent to an activating group) is 1. The van der Waals surface area contributed by atoms with Crippen molar-refractivity contribution in [2.45, 2.75) is 45.6 Å². The number of hydrogen-bond acceptors (Lipinski definition) is 6. The average Bonchev–Trinajstić information content (AvgIpc) is 3.13. The summed E-state index contributed by atoms with van der Waals surface area (Å²) in [5.74, 6) is -0.122. The van der Waals surface area contributed by atoms with Gasteiger partial charge in [-0.15, -0.1) is 0 Å². The van der Waals surface area contributed by atoms with Crippen molar-refractivity contribution in [2.75, 3.05) is 40.4 Å². The topological polar surface area (TPSA) is 79.3 Å². The molecule has 0 radical (unpaired) electrons. The van der Waals surface area contributed by atoms with Gasteiger partial charge in [-0.3, -0.25) is 9.59 Å². The van der Waals surface area contributed by atoms with E-state index < -0.39 is 17.7 Å². The maximum absolute atomic E-state index is 13.2. The van der Waals surface area contributed by atoms with Gasteiger partial charge in [0.25, 0.3) is 11.7 Å². The van der Waals surface area contributed by atoms with Gasteiger partial charge in [-0.1, -0.05) is 38.8 Å².